The Balaban J connectivity index is 2.32. The van der Waals surface area contributed by atoms with Gasteiger partial charge >= 0.3 is 5.97 Å². The number of nitrogens with zero attached hydrogens (tertiary/aromatic N) is 1. The van der Waals surface area contributed by atoms with Crippen LogP contribution in [0.2, 0.25) is 0 Å². The lowest BCUT2D eigenvalue weighted by atomic mass is 10.3. The Morgan fingerprint density at radius 3 is 2.82 bits per heavy atom. The number of carboxylic acids is 1. The highest BCUT2D eigenvalue weighted by atomic mass is 32.2. The van der Waals surface area contributed by atoms with Crippen LogP contribution in [-0.2, 0) is 21.2 Å². The summed E-state index contributed by atoms with van der Waals surface area (Å²) in [4.78, 5) is 14.4. The molecule has 0 bridgehead atoms. The third-order valence-electron chi connectivity index (χ3n) is 1.65. The quantitative estimate of drug-likeness (QED) is 0.593. The molecule has 1 aromatic heterocycles. The van der Waals surface area contributed by atoms with Crippen LogP contribution in [0.25, 0.3) is 0 Å². The predicted molar refractivity (Wildman–Crippen MR) is 64.8 cm³/mol. The minimum atomic E-state index is -3.17. The zero-order valence-electron chi connectivity index (χ0n) is 9.13. The van der Waals surface area contributed by atoms with Gasteiger partial charge in [0.25, 0.3) is 0 Å². The molecule has 0 aliphatic rings. The summed E-state index contributed by atoms with van der Waals surface area (Å²) < 4.78 is 23.8. The first-order valence-corrected chi connectivity index (χ1v) is 7.48. The fourth-order valence-electron chi connectivity index (χ4n) is 1.03. The van der Waals surface area contributed by atoms with Crippen LogP contribution in [-0.4, -0.2) is 43.8 Å². The van der Waals surface area contributed by atoms with Gasteiger partial charge in [-0.25, -0.2) is 18.1 Å². The number of aromatic nitrogens is 1. The van der Waals surface area contributed by atoms with Crippen molar-refractivity contribution < 1.29 is 18.3 Å². The average Bonchev–Trinajstić information content (AvgIpc) is 2.58. The van der Waals surface area contributed by atoms with E-state index >= 15 is 0 Å². The van der Waals surface area contributed by atoms with Crippen LogP contribution in [0.3, 0.4) is 0 Å². The molecule has 0 aliphatic heterocycles. The first-order valence-electron chi connectivity index (χ1n) is 4.71. The molecule has 17 heavy (non-hydrogen) atoms. The van der Waals surface area contributed by atoms with Gasteiger partial charge in [0.1, 0.15) is 0 Å². The number of sulfonamides is 1. The maximum atomic E-state index is 10.8. The molecule has 0 radical (unpaired) electrons. The first kappa shape index (κ1) is 13.9. The molecule has 0 aromatic carbocycles. The van der Waals surface area contributed by atoms with Gasteiger partial charge in [0.2, 0.25) is 10.0 Å². The molecule has 0 saturated heterocycles. The van der Waals surface area contributed by atoms with E-state index < -0.39 is 16.0 Å². The number of anilines is 1. The minimum Gasteiger partial charge on any atom is -0.481 e. The van der Waals surface area contributed by atoms with Gasteiger partial charge in [-0.15, -0.1) is 11.3 Å². The van der Waals surface area contributed by atoms with Gasteiger partial charge in [-0.05, 0) is 0 Å². The number of thiazole rings is 1. The van der Waals surface area contributed by atoms with E-state index in [0.29, 0.717) is 17.4 Å². The summed E-state index contributed by atoms with van der Waals surface area (Å²) in [5.41, 5.74) is 0.487. The van der Waals surface area contributed by atoms with Crippen molar-refractivity contribution in [2.24, 2.45) is 0 Å². The van der Waals surface area contributed by atoms with E-state index in [0.717, 1.165) is 6.26 Å². The Morgan fingerprint density at radius 1 is 1.53 bits per heavy atom. The van der Waals surface area contributed by atoms with Crippen molar-refractivity contribution in [1.29, 1.82) is 0 Å². The maximum absolute atomic E-state index is 10.8. The summed E-state index contributed by atoms with van der Waals surface area (Å²) in [6.45, 7) is 0.653. The van der Waals surface area contributed by atoms with E-state index in [-0.39, 0.29) is 13.0 Å². The number of rotatable bonds is 7. The average molecular weight is 279 g/mol. The first-order chi connectivity index (χ1) is 7.87. The highest BCUT2D eigenvalue weighted by Gasteiger charge is 2.05. The predicted octanol–water partition coefficient (Wildman–Crippen LogP) is -0.269. The second kappa shape index (κ2) is 5.94. The molecule has 96 valence electrons. The van der Waals surface area contributed by atoms with Crippen LogP contribution in [0, 0.1) is 0 Å². The molecule has 7 nitrogen and oxygen atoms in total. The highest BCUT2D eigenvalue weighted by molar-refractivity contribution is 7.88. The van der Waals surface area contributed by atoms with Gasteiger partial charge in [-0.1, -0.05) is 0 Å². The molecule has 1 heterocycles. The summed E-state index contributed by atoms with van der Waals surface area (Å²) in [6, 6.07) is 0. The fourth-order valence-corrected chi connectivity index (χ4v) is 2.24. The second-order valence-electron chi connectivity index (χ2n) is 3.31. The summed E-state index contributed by atoms with van der Waals surface area (Å²) in [5, 5.41) is 13.7. The van der Waals surface area contributed by atoms with Gasteiger partial charge in [-0.3, -0.25) is 4.79 Å². The monoisotopic (exact) mass is 279 g/mol. The van der Waals surface area contributed by atoms with E-state index in [4.69, 9.17) is 5.11 Å². The molecule has 0 amide bonds. The van der Waals surface area contributed by atoms with Crippen LogP contribution in [0.15, 0.2) is 5.38 Å². The summed E-state index contributed by atoms with van der Waals surface area (Å²) in [7, 11) is -3.17. The highest BCUT2D eigenvalue weighted by Crippen LogP contribution is 2.15. The molecule has 0 saturated carbocycles. The lowest BCUT2D eigenvalue weighted by Crippen LogP contribution is -2.27. The van der Waals surface area contributed by atoms with Crippen LogP contribution >= 0.6 is 11.3 Å². The maximum Gasteiger partial charge on any atom is 0.309 e. The van der Waals surface area contributed by atoms with Crippen molar-refractivity contribution in [2.75, 3.05) is 24.7 Å². The smallest absolute Gasteiger partial charge is 0.309 e. The van der Waals surface area contributed by atoms with E-state index in [1.807, 2.05) is 0 Å². The zero-order valence-corrected chi connectivity index (χ0v) is 10.8. The fraction of sp³-hybridized carbons (Fsp3) is 0.500. The van der Waals surface area contributed by atoms with Crippen molar-refractivity contribution in [2.45, 2.75) is 6.42 Å². The Bertz CT molecular complexity index is 483. The number of carboxylic acid groups (broad SMARTS) is 1. The molecule has 0 unspecified atom stereocenters. The Morgan fingerprint density at radius 2 is 2.24 bits per heavy atom. The molecule has 0 fully saturated rings. The van der Waals surface area contributed by atoms with Crippen LogP contribution in [0.1, 0.15) is 5.69 Å². The molecule has 1 rings (SSSR count). The summed E-state index contributed by atoms with van der Waals surface area (Å²) in [6.07, 6.45) is 0.973. The largest absolute Gasteiger partial charge is 0.481 e. The van der Waals surface area contributed by atoms with Crippen molar-refractivity contribution in [1.82, 2.24) is 9.71 Å². The Hall–Kier alpha value is -1.19. The molecule has 0 atom stereocenters. The van der Waals surface area contributed by atoms with Crippen LogP contribution in [0.5, 0.6) is 0 Å². The van der Waals surface area contributed by atoms with Crippen molar-refractivity contribution in [3.8, 4) is 0 Å². The minimum absolute atomic E-state index is 0.111. The summed E-state index contributed by atoms with van der Waals surface area (Å²) >= 11 is 1.29. The third kappa shape index (κ3) is 6.19. The number of carbonyl (C=O) groups is 1. The number of aliphatic carboxylic acids is 1. The Labute approximate surface area is 103 Å². The molecular formula is C8H13N3O4S2. The van der Waals surface area contributed by atoms with E-state index in [1.165, 1.54) is 11.3 Å². The topological polar surface area (TPSA) is 108 Å². The van der Waals surface area contributed by atoms with Gasteiger partial charge in [0, 0.05) is 18.5 Å². The molecular weight excluding hydrogens is 266 g/mol. The van der Waals surface area contributed by atoms with Gasteiger partial charge < -0.3 is 10.4 Å². The van der Waals surface area contributed by atoms with Crippen molar-refractivity contribution in [3.05, 3.63) is 11.1 Å². The van der Waals surface area contributed by atoms with E-state index in [2.05, 4.69) is 15.0 Å². The zero-order chi connectivity index (χ0) is 12.9. The SMILES string of the molecule is CS(=O)(=O)NCCNc1nc(CC(=O)O)cs1. The number of nitrogens with one attached hydrogen (secondary N) is 2. The van der Waals surface area contributed by atoms with Crippen LogP contribution in [0.4, 0.5) is 5.13 Å². The van der Waals surface area contributed by atoms with E-state index in [1.54, 1.807) is 5.38 Å². The number of hydrogen-bond donors (Lipinski definition) is 3. The van der Waals surface area contributed by atoms with Crippen molar-refractivity contribution >= 4 is 32.5 Å². The Kier molecular flexibility index (Phi) is 4.85. The second-order valence-corrected chi connectivity index (χ2v) is 6.00. The summed E-state index contributed by atoms with van der Waals surface area (Å²) in [5.74, 6) is -0.930. The van der Waals surface area contributed by atoms with Gasteiger partial charge in [-0.2, -0.15) is 0 Å². The third-order valence-corrected chi connectivity index (χ3v) is 3.23. The van der Waals surface area contributed by atoms with Crippen LogP contribution < -0.4 is 10.0 Å². The normalized spacial score (nSPS) is 11.4. The molecule has 3 N–H and O–H groups in total. The van der Waals surface area contributed by atoms with Gasteiger partial charge in [0.15, 0.2) is 5.13 Å². The molecule has 1 aromatic rings. The standard InChI is InChI=1S/C8H13N3O4S2/c1-17(14,15)10-3-2-9-8-11-6(5-16-8)4-7(12)13/h5,10H,2-4H2,1H3,(H,9,11)(H,12,13). The van der Waals surface area contributed by atoms with Gasteiger partial charge in [0.05, 0.1) is 18.4 Å². The number of hydrogen-bond acceptors (Lipinski definition) is 6. The van der Waals surface area contributed by atoms with E-state index in [9.17, 15) is 13.2 Å². The van der Waals surface area contributed by atoms with Crippen molar-refractivity contribution in [3.63, 3.8) is 0 Å². The molecule has 0 aliphatic carbocycles. The molecule has 9 heteroatoms. The lowest BCUT2D eigenvalue weighted by molar-refractivity contribution is -0.136. The lowest BCUT2D eigenvalue weighted by Gasteiger charge is -2.02. The molecule has 0 spiro atoms.